The van der Waals surface area contributed by atoms with Crippen molar-refractivity contribution in [2.24, 2.45) is 5.41 Å². The molecule has 2 saturated heterocycles. The minimum atomic E-state index is -4.50. The van der Waals surface area contributed by atoms with E-state index in [1.54, 1.807) is 0 Å². The molecule has 3 N–H and O–H groups in total. The number of carbonyl (C=O) groups is 1. The van der Waals surface area contributed by atoms with Gasteiger partial charge in [-0.2, -0.15) is 13.2 Å². The van der Waals surface area contributed by atoms with Crippen molar-refractivity contribution in [2.75, 3.05) is 26.2 Å². The molecule has 0 bridgehead atoms. The van der Waals surface area contributed by atoms with Crippen molar-refractivity contribution in [1.29, 1.82) is 0 Å². The molecule has 0 radical (unpaired) electrons. The predicted molar refractivity (Wildman–Crippen MR) is 89.4 cm³/mol. The summed E-state index contributed by atoms with van der Waals surface area (Å²) in [5, 5.41) is 9.41. The zero-order valence-electron chi connectivity index (χ0n) is 14.7. The topological polar surface area (TPSA) is 78.9 Å². The van der Waals surface area contributed by atoms with E-state index in [9.17, 15) is 18.0 Å². The number of carbonyl (C=O) groups excluding carboxylic acids is 1. The van der Waals surface area contributed by atoms with E-state index in [1.165, 1.54) is 6.92 Å². The van der Waals surface area contributed by atoms with Crippen molar-refractivity contribution >= 4 is 5.91 Å². The smallest absolute Gasteiger partial charge is 0.354 e. The number of nitrogens with one attached hydrogen (secondary N) is 3. The van der Waals surface area contributed by atoms with Crippen LogP contribution >= 0.6 is 0 Å². The number of nitrogens with zero attached hydrogens (tertiary/aromatic N) is 2. The maximum absolute atomic E-state index is 12.8. The summed E-state index contributed by atoms with van der Waals surface area (Å²) in [7, 11) is 0. The van der Waals surface area contributed by atoms with Gasteiger partial charge in [-0.3, -0.25) is 4.79 Å². The molecular weight excluding hydrogens is 347 g/mol. The van der Waals surface area contributed by atoms with E-state index < -0.39 is 11.9 Å². The molecule has 1 aromatic rings. The van der Waals surface area contributed by atoms with Crippen LogP contribution in [0.2, 0.25) is 0 Å². The molecule has 0 aromatic carbocycles. The number of aryl methyl sites for hydroxylation is 1. The highest BCUT2D eigenvalue weighted by Crippen LogP contribution is 2.37. The van der Waals surface area contributed by atoms with Crippen LogP contribution in [-0.4, -0.2) is 48.1 Å². The Morgan fingerprint density at radius 3 is 2.77 bits per heavy atom. The van der Waals surface area contributed by atoms with Gasteiger partial charge in [-0.15, -0.1) is 0 Å². The SMILES string of the molecule is Cc1cc(C(F)(F)F)nc(CCNC(=O)C2CC3(CCNCC3)CN2)n1. The van der Waals surface area contributed by atoms with Gasteiger partial charge in [-0.25, -0.2) is 9.97 Å². The van der Waals surface area contributed by atoms with E-state index in [0.29, 0.717) is 0 Å². The van der Waals surface area contributed by atoms with Crippen molar-refractivity contribution in [1.82, 2.24) is 25.9 Å². The first kappa shape index (κ1) is 19.0. The van der Waals surface area contributed by atoms with Gasteiger partial charge in [-0.05, 0) is 50.8 Å². The lowest BCUT2D eigenvalue weighted by Gasteiger charge is -2.33. The maximum atomic E-state index is 12.8. The summed E-state index contributed by atoms with van der Waals surface area (Å²) in [5.41, 5.74) is -0.496. The summed E-state index contributed by atoms with van der Waals surface area (Å²) < 4.78 is 38.4. The highest BCUT2D eigenvalue weighted by Gasteiger charge is 2.42. The number of rotatable bonds is 4. The second kappa shape index (κ2) is 7.48. The van der Waals surface area contributed by atoms with Gasteiger partial charge in [-0.1, -0.05) is 0 Å². The Morgan fingerprint density at radius 1 is 1.35 bits per heavy atom. The van der Waals surface area contributed by atoms with Gasteiger partial charge >= 0.3 is 6.18 Å². The third-order valence-corrected chi connectivity index (χ3v) is 5.18. The van der Waals surface area contributed by atoms with Crippen LogP contribution in [0.4, 0.5) is 13.2 Å². The minimum absolute atomic E-state index is 0.0897. The van der Waals surface area contributed by atoms with Crippen molar-refractivity contribution < 1.29 is 18.0 Å². The maximum Gasteiger partial charge on any atom is 0.433 e. The molecule has 2 aliphatic rings. The van der Waals surface area contributed by atoms with Gasteiger partial charge in [0.2, 0.25) is 5.91 Å². The Hall–Kier alpha value is -1.74. The van der Waals surface area contributed by atoms with Crippen LogP contribution in [-0.2, 0) is 17.4 Å². The Balaban J connectivity index is 1.51. The zero-order valence-corrected chi connectivity index (χ0v) is 14.7. The van der Waals surface area contributed by atoms with Gasteiger partial charge < -0.3 is 16.0 Å². The third kappa shape index (κ3) is 4.50. The molecule has 1 unspecified atom stereocenters. The molecule has 3 rings (SSSR count). The molecule has 0 saturated carbocycles. The lowest BCUT2D eigenvalue weighted by molar-refractivity contribution is -0.141. The molecule has 6 nitrogen and oxygen atoms in total. The second-order valence-corrected chi connectivity index (χ2v) is 7.24. The molecule has 3 heterocycles. The fourth-order valence-electron chi connectivity index (χ4n) is 3.75. The molecule has 144 valence electrons. The van der Waals surface area contributed by atoms with E-state index in [4.69, 9.17) is 0 Å². The van der Waals surface area contributed by atoms with Crippen LogP contribution in [0.25, 0.3) is 0 Å². The van der Waals surface area contributed by atoms with Gasteiger partial charge in [0.1, 0.15) is 11.5 Å². The summed E-state index contributed by atoms with van der Waals surface area (Å²) in [6.07, 6.45) is -1.41. The largest absolute Gasteiger partial charge is 0.433 e. The van der Waals surface area contributed by atoms with Crippen LogP contribution in [0.3, 0.4) is 0 Å². The lowest BCUT2D eigenvalue weighted by atomic mass is 9.77. The van der Waals surface area contributed by atoms with Crippen LogP contribution in [0.15, 0.2) is 6.07 Å². The monoisotopic (exact) mass is 371 g/mol. The highest BCUT2D eigenvalue weighted by molar-refractivity contribution is 5.82. The third-order valence-electron chi connectivity index (χ3n) is 5.18. The minimum Gasteiger partial charge on any atom is -0.354 e. The Kier molecular flexibility index (Phi) is 5.47. The average Bonchev–Trinajstić information content (AvgIpc) is 2.98. The van der Waals surface area contributed by atoms with E-state index >= 15 is 0 Å². The van der Waals surface area contributed by atoms with E-state index in [1.807, 2.05) is 0 Å². The second-order valence-electron chi connectivity index (χ2n) is 7.24. The van der Waals surface area contributed by atoms with Gasteiger partial charge in [0.25, 0.3) is 0 Å². The predicted octanol–water partition coefficient (Wildman–Crippen LogP) is 1.19. The molecule has 1 amide bonds. The summed E-state index contributed by atoms with van der Waals surface area (Å²) >= 11 is 0. The quantitative estimate of drug-likeness (QED) is 0.741. The number of alkyl halides is 3. The van der Waals surface area contributed by atoms with Crippen LogP contribution in [0.1, 0.15) is 36.5 Å². The number of piperidine rings is 1. The number of hydrogen-bond donors (Lipinski definition) is 3. The van der Waals surface area contributed by atoms with Crippen LogP contribution < -0.4 is 16.0 Å². The molecule has 0 aliphatic carbocycles. The molecule has 26 heavy (non-hydrogen) atoms. The first-order valence-electron chi connectivity index (χ1n) is 8.91. The standard InChI is InChI=1S/C17H24F3N5O/c1-11-8-13(17(18,19)20)25-14(24-11)2-5-22-15(26)12-9-16(10-23-12)3-6-21-7-4-16/h8,12,21,23H,2-7,9-10H2,1H3,(H,22,26). The molecule has 9 heteroatoms. The van der Waals surface area contributed by atoms with E-state index in [-0.39, 0.29) is 41.8 Å². The summed E-state index contributed by atoms with van der Waals surface area (Å²) in [5.74, 6) is -0.0177. The molecule has 1 atom stereocenters. The first-order chi connectivity index (χ1) is 12.3. The summed E-state index contributed by atoms with van der Waals surface area (Å²) in [6.45, 7) is 4.50. The number of aromatic nitrogens is 2. The summed E-state index contributed by atoms with van der Waals surface area (Å²) in [6, 6.07) is 0.681. The van der Waals surface area contributed by atoms with E-state index in [2.05, 4.69) is 25.9 Å². The normalized spacial score (nSPS) is 22.5. The van der Waals surface area contributed by atoms with Crippen LogP contribution in [0, 0.1) is 12.3 Å². The lowest BCUT2D eigenvalue weighted by Crippen LogP contribution is -2.41. The molecule has 2 aliphatic heterocycles. The van der Waals surface area contributed by atoms with Crippen molar-refractivity contribution in [3.63, 3.8) is 0 Å². The van der Waals surface area contributed by atoms with Crippen molar-refractivity contribution in [3.05, 3.63) is 23.3 Å². The van der Waals surface area contributed by atoms with E-state index in [0.717, 1.165) is 45.0 Å². The average molecular weight is 371 g/mol. The Bertz CT molecular complexity index is 658. The molecule has 1 aromatic heterocycles. The van der Waals surface area contributed by atoms with Crippen LogP contribution in [0.5, 0.6) is 0 Å². The fraction of sp³-hybridized carbons (Fsp3) is 0.706. The number of hydrogen-bond acceptors (Lipinski definition) is 5. The number of amides is 1. The zero-order chi connectivity index (χ0) is 18.8. The molecule has 1 spiro atoms. The van der Waals surface area contributed by atoms with Gasteiger partial charge in [0.15, 0.2) is 0 Å². The summed E-state index contributed by atoms with van der Waals surface area (Å²) in [4.78, 5) is 19.9. The Morgan fingerprint density at radius 2 is 2.08 bits per heavy atom. The highest BCUT2D eigenvalue weighted by atomic mass is 19.4. The van der Waals surface area contributed by atoms with Gasteiger partial charge in [0, 0.05) is 25.2 Å². The first-order valence-corrected chi connectivity index (χ1v) is 8.91. The number of halogens is 3. The fourth-order valence-corrected chi connectivity index (χ4v) is 3.75. The van der Waals surface area contributed by atoms with Crippen molar-refractivity contribution in [2.45, 2.75) is 44.8 Å². The molecular formula is C17H24F3N5O. The Labute approximate surface area is 150 Å². The van der Waals surface area contributed by atoms with Gasteiger partial charge in [0.05, 0.1) is 6.04 Å². The van der Waals surface area contributed by atoms with Crippen molar-refractivity contribution in [3.8, 4) is 0 Å². The molecule has 2 fully saturated rings.